The van der Waals surface area contributed by atoms with Crippen LogP contribution < -0.4 is 10.6 Å². The zero-order valence-electron chi connectivity index (χ0n) is 12.6. The normalized spacial score (nSPS) is 16.6. The monoisotopic (exact) mass is 320 g/mol. The summed E-state index contributed by atoms with van der Waals surface area (Å²) >= 11 is 0. The van der Waals surface area contributed by atoms with Crippen LogP contribution in [0.2, 0.25) is 0 Å². The number of piperidine rings is 1. The molecule has 1 aliphatic heterocycles. The lowest BCUT2D eigenvalue weighted by Crippen LogP contribution is -2.52. The number of carbonyl (C=O) groups is 1. The van der Waals surface area contributed by atoms with Crippen molar-refractivity contribution in [2.75, 3.05) is 13.1 Å². The van der Waals surface area contributed by atoms with Gasteiger partial charge >= 0.3 is 0 Å². The molecule has 2 aromatic rings. The van der Waals surface area contributed by atoms with E-state index >= 15 is 0 Å². The maximum Gasteiger partial charge on any atom is 0.254 e. The van der Waals surface area contributed by atoms with Gasteiger partial charge in [0, 0.05) is 11.7 Å². The molecule has 22 heavy (non-hydrogen) atoms. The van der Waals surface area contributed by atoms with Gasteiger partial charge in [0.1, 0.15) is 0 Å². The number of hydrogen-bond acceptors (Lipinski definition) is 3. The number of halogens is 1. The van der Waals surface area contributed by atoms with E-state index in [0.717, 1.165) is 31.6 Å². The van der Waals surface area contributed by atoms with Gasteiger partial charge in [0.2, 0.25) is 0 Å². The highest BCUT2D eigenvalue weighted by atomic mass is 35.5. The molecule has 0 aliphatic carbocycles. The van der Waals surface area contributed by atoms with Crippen LogP contribution in [0.15, 0.2) is 42.7 Å². The van der Waals surface area contributed by atoms with Crippen molar-refractivity contribution in [3.63, 3.8) is 0 Å². The number of para-hydroxylation sites is 1. The van der Waals surface area contributed by atoms with Crippen LogP contribution in [0.4, 0.5) is 0 Å². The standard InChI is InChI=1S/C16H20N4O.ClH/c1-16(7-9-17-10-8-16)19-15(21)13-11-18-20(12-13)14-5-3-2-4-6-14;/h2-6,11-12,17H,7-10H2,1H3,(H,19,21);1H. The predicted octanol–water partition coefficient (Wildman–Crippen LogP) is 2.17. The Hall–Kier alpha value is -1.85. The van der Waals surface area contributed by atoms with Crippen LogP contribution in [0.1, 0.15) is 30.1 Å². The molecule has 0 unspecified atom stereocenters. The highest BCUT2D eigenvalue weighted by Crippen LogP contribution is 2.18. The van der Waals surface area contributed by atoms with Gasteiger partial charge in [0.05, 0.1) is 17.4 Å². The molecule has 0 radical (unpaired) electrons. The third-order valence-corrected chi connectivity index (χ3v) is 3.99. The Kier molecular flexibility index (Phi) is 5.21. The van der Waals surface area contributed by atoms with E-state index in [1.165, 1.54) is 0 Å². The summed E-state index contributed by atoms with van der Waals surface area (Å²) in [5.41, 5.74) is 1.42. The first kappa shape index (κ1) is 16.5. The van der Waals surface area contributed by atoms with Crippen molar-refractivity contribution in [2.45, 2.75) is 25.3 Å². The quantitative estimate of drug-likeness (QED) is 0.911. The molecule has 5 nitrogen and oxygen atoms in total. The van der Waals surface area contributed by atoms with Gasteiger partial charge in [0.15, 0.2) is 0 Å². The summed E-state index contributed by atoms with van der Waals surface area (Å²) in [4.78, 5) is 12.4. The zero-order valence-corrected chi connectivity index (χ0v) is 13.4. The van der Waals surface area contributed by atoms with Gasteiger partial charge in [-0.25, -0.2) is 4.68 Å². The average Bonchev–Trinajstić information content (AvgIpc) is 2.98. The number of aromatic nitrogens is 2. The Bertz CT molecular complexity index is 620. The molecular formula is C16H21ClN4O. The lowest BCUT2D eigenvalue weighted by molar-refractivity contribution is 0.0887. The highest BCUT2D eigenvalue weighted by molar-refractivity contribution is 5.94. The summed E-state index contributed by atoms with van der Waals surface area (Å²) in [6.07, 6.45) is 5.29. The van der Waals surface area contributed by atoms with E-state index in [2.05, 4.69) is 22.7 Å². The van der Waals surface area contributed by atoms with E-state index in [1.54, 1.807) is 17.1 Å². The van der Waals surface area contributed by atoms with E-state index in [0.29, 0.717) is 5.56 Å². The maximum absolute atomic E-state index is 12.4. The molecule has 1 amide bonds. The summed E-state index contributed by atoms with van der Waals surface area (Å²) in [5, 5.41) is 10.7. The van der Waals surface area contributed by atoms with Crippen LogP contribution in [0, 0.1) is 0 Å². The minimum absolute atomic E-state index is 0. The first-order chi connectivity index (χ1) is 10.2. The molecule has 0 spiro atoms. The fourth-order valence-electron chi connectivity index (χ4n) is 2.61. The minimum Gasteiger partial charge on any atom is -0.347 e. The first-order valence-electron chi connectivity index (χ1n) is 7.30. The summed E-state index contributed by atoms with van der Waals surface area (Å²) < 4.78 is 1.72. The molecule has 118 valence electrons. The second-order valence-corrected chi connectivity index (χ2v) is 5.77. The van der Waals surface area contributed by atoms with Gasteiger partial charge in [-0.3, -0.25) is 4.79 Å². The van der Waals surface area contributed by atoms with Crippen molar-refractivity contribution in [1.29, 1.82) is 0 Å². The summed E-state index contributed by atoms with van der Waals surface area (Å²) in [5.74, 6) is -0.0541. The fraction of sp³-hybridized carbons (Fsp3) is 0.375. The van der Waals surface area contributed by atoms with Crippen molar-refractivity contribution in [3.05, 3.63) is 48.3 Å². The van der Waals surface area contributed by atoms with E-state index in [-0.39, 0.29) is 23.9 Å². The largest absolute Gasteiger partial charge is 0.347 e. The zero-order chi connectivity index (χ0) is 14.7. The number of amides is 1. The molecular weight excluding hydrogens is 300 g/mol. The highest BCUT2D eigenvalue weighted by Gasteiger charge is 2.28. The summed E-state index contributed by atoms with van der Waals surface area (Å²) in [6.45, 7) is 3.99. The number of carbonyl (C=O) groups excluding carboxylic acids is 1. The SMILES string of the molecule is CC1(NC(=O)c2cnn(-c3ccccc3)c2)CCNCC1.Cl. The molecule has 6 heteroatoms. The number of hydrogen-bond donors (Lipinski definition) is 2. The topological polar surface area (TPSA) is 59.0 Å². The lowest BCUT2D eigenvalue weighted by atomic mass is 9.90. The van der Waals surface area contributed by atoms with E-state index in [9.17, 15) is 4.79 Å². The van der Waals surface area contributed by atoms with Crippen LogP contribution in [0.5, 0.6) is 0 Å². The Morgan fingerprint density at radius 3 is 2.64 bits per heavy atom. The minimum atomic E-state index is -0.128. The molecule has 1 saturated heterocycles. The average molecular weight is 321 g/mol. The van der Waals surface area contributed by atoms with Gasteiger partial charge in [-0.2, -0.15) is 5.10 Å². The fourth-order valence-corrected chi connectivity index (χ4v) is 2.61. The van der Waals surface area contributed by atoms with Crippen molar-refractivity contribution < 1.29 is 4.79 Å². The molecule has 0 bridgehead atoms. The summed E-state index contributed by atoms with van der Waals surface area (Å²) in [7, 11) is 0. The van der Waals surface area contributed by atoms with Crippen molar-refractivity contribution in [1.82, 2.24) is 20.4 Å². The number of nitrogens with zero attached hydrogens (tertiary/aromatic N) is 2. The van der Waals surface area contributed by atoms with Crippen LogP contribution in [-0.2, 0) is 0 Å². The van der Waals surface area contributed by atoms with Crippen molar-refractivity contribution in [2.24, 2.45) is 0 Å². The Morgan fingerprint density at radius 2 is 1.95 bits per heavy atom. The molecule has 1 aliphatic rings. The maximum atomic E-state index is 12.4. The van der Waals surface area contributed by atoms with Gasteiger partial charge in [-0.05, 0) is 45.0 Å². The molecule has 1 fully saturated rings. The van der Waals surface area contributed by atoms with Crippen LogP contribution in [0.3, 0.4) is 0 Å². The second kappa shape index (κ2) is 6.94. The van der Waals surface area contributed by atoms with Crippen LogP contribution >= 0.6 is 12.4 Å². The first-order valence-corrected chi connectivity index (χ1v) is 7.30. The third kappa shape index (κ3) is 3.67. The van der Waals surface area contributed by atoms with Crippen molar-refractivity contribution >= 4 is 18.3 Å². The molecule has 2 N–H and O–H groups in total. The number of rotatable bonds is 3. The third-order valence-electron chi connectivity index (χ3n) is 3.99. The Morgan fingerprint density at radius 1 is 1.27 bits per heavy atom. The predicted molar refractivity (Wildman–Crippen MR) is 88.8 cm³/mol. The van der Waals surface area contributed by atoms with E-state index < -0.39 is 0 Å². The van der Waals surface area contributed by atoms with E-state index in [1.807, 2.05) is 30.3 Å². The lowest BCUT2D eigenvalue weighted by Gasteiger charge is -2.34. The second-order valence-electron chi connectivity index (χ2n) is 5.77. The Labute approximate surface area is 136 Å². The van der Waals surface area contributed by atoms with Gasteiger partial charge in [0.25, 0.3) is 5.91 Å². The van der Waals surface area contributed by atoms with E-state index in [4.69, 9.17) is 0 Å². The molecule has 1 aromatic heterocycles. The molecule has 1 aromatic carbocycles. The van der Waals surface area contributed by atoms with Crippen molar-refractivity contribution in [3.8, 4) is 5.69 Å². The number of benzene rings is 1. The van der Waals surface area contributed by atoms with Gasteiger partial charge < -0.3 is 10.6 Å². The molecule has 3 rings (SSSR count). The van der Waals surface area contributed by atoms with Crippen LogP contribution in [-0.4, -0.2) is 34.3 Å². The Balaban J connectivity index is 0.00000176. The molecule has 0 saturated carbocycles. The summed E-state index contributed by atoms with van der Waals surface area (Å²) in [6, 6.07) is 9.78. The molecule has 2 heterocycles. The smallest absolute Gasteiger partial charge is 0.254 e. The van der Waals surface area contributed by atoms with Gasteiger partial charge in [-0.1, -0.05) is 18.2 Å². The number of nitrogens with one attached hydrogen (secondary N) is 2. The van der Waals surface area contributed by atoms with Gasteiger partial charge in [-0.15, -0.1) is 12.4 Å². The molecule has 0 atom stereocenters. The van der Waals surface area contributed by atoms with Crippen LogP contribution in [0.25, 0.3) is 5.69 Å².